The van der Waals surface area contributed by atoms with Crippen molar-refractivity contribution in [3.8, 4) is 0 Å². The lowest BCUT2D eigenvalue weighted by atomic mass is 9.95. The van der Waals surface area contributed by atoms with Gasteiger partial charge in [-0.3, -0.25) is 62.3 Å². The summed E-state index contributed by atoms with van der Waals surface area (Å²) in [5, 5.41) is 53.9. The fourth-order valence-electron chi connectivity index (χ4n) is 12.3. The molecule has 0 aromatic heterocycles. The van der Waals surface area contributed by atoms with E-state index in [0.29, 0.717) is 24.3 Å². The Kier molecular flexibility index (Phi) is 38.2. The molecule has 31 nitrogen and oxygen atoms in total. The standard InChI is InChI=1S/C75H126N14O17/c1-20-43(15)58(70(100)88-62-47(19)106-75(105)57(42(13)14)83-72(102)60(45(17)90)86-64(94)50(36-48-29-23-22-24-30-48)78-66(96)54(39(7)8)80-69(99)59(44(16)21-2)85-73(62)103)84-63(93)49(31-26-34-76)77-65(95)51-32-27-35-89(51)74(104)56(41(11)12)82-68(98)55(40(9)10)81-71(101)61(46(18)91)87-67(97)53(38(5)6)79-52(92)33-25-28-37(3)4/h22-24,29-30,37-47,49-51,53-62,90-91H,20-21,25-28,31-36,76H2,1-19H3,(H,77,95)(H,78,96)(H,79,92)(H,80,99)(H,81,101)(H,82,98)(H,83,102)(H,84,93)(H,85,103)(H,86,94)(H,87,97)(H,88,100)/t43-,44-,45+,46+,47+,49-,50-,51+,53+,54+,55-,56+,57-,58+,59+,60+,61-,62+/m0/s1. The summed E-state index contributed by atoms with van der Waals surface area (Å²) < 4.78 is 5.95. The number of carbonyl (C=O) groups excluding carboxylic acids is 14. The molecule has 3 rings (SSSR count). The average molecular weight is 1500 g/mol. The molecule has 2 fully saturated rings. The van der Waals surface area contributed by atoms with Gasteiger partial charge in [0.1, 0.15) is 84.6 Å². The van der Waals surface area contributed by atoms with Crippen molar-refractivity contribution in [3.05, 3.63) is 35.9 Å². The van der Waals surface area contributed by atoms with E-state index in [1.807, 2.05) is 13.8 Å². The van der Waals surface area contributed by atoms with Crippen molar-refractivity contribution < 1.29 is 82.1 Å². The second kappa shape index (κ2) is 44.1. The zero-order valence-electron chi connectivity index (χ0n) is 65.8. The SMILES string of the molecule is CC[C@H](C)[C@@H](NC(=O)[C@H](CCCN)NC(=O)[C@H]1CCCN1C(=O)[C@H](NC(=O)[C@@H](NC(=O)[C@@H](NC(=O)[C@H](NC(=O)CCCC(C)C)C(C)C)[C@@H](C)O)C(C)C)C(C)C)C(=O)N[C@H]1C(=O)N[C@H]([C@@H](C)CC)C(=O)N[C@H](C(C)C)C(=O)N[C@@H](Cc2ccccc2)C(=O)N[C@H]([C@@H](C)O)C(=O)N[C@@H](C(C)C)C(=O)O[C@@H]1C. The summed E-state index contributed by atoms with van der Waals surface area (Å²) in [6, 6.07) is -9.84. The highest BCUT2D eigenvalue weighted by molar-refractivity contribution is 6.01. The largest absolute Gasteiger partial charge is 0.458 e. The van der Waals surface area contributed by atoms with E-state index in [1.165, 1.54) is 25.7 Å². The monoisotopic (exact) mass is 1490 g/mol. The molecule has 18 atom stereocenters. The van der Waals surface area contributed by atoms with Gasteiger partial charge in [0.15, 0.2) is 0 Å². The van der Waals surface area contributed by atoms with E-state index in [2.05, 4.69) is 63.8 Å². The summed E-state index contributed by atoms with van der Waals surface area (Å²) in [4.78, 5) is 202. The van der Waals surface area contributed by atoms with E-state index in [-0.39, 0.29) is 63.9 Å². The zero-order valence-corrected chi connectivity index (χ0v) is 65.8. The summed E-state index contributed by atoms with van der Waals surface area (Å²) in [6.45, 7) is 31.3. The van der Waals surface area contributed by atoms with Gasteiger partial charge in [0.2, 0.25) is 76.8 Å². The van der Waals surface area contributed by atoms with E-state index in [0.717, 1.165) is 6.42 Å². The fourth-order valence-corrected chi connectivity index (χ4v) is 12.3. The van der Waals surface area contributed by atoms with Gasteiger partial charge in [-0.1, -0.05) is 160 Å². The number of amides is 13. The number of likely N-dealkylation sites (tertiary alicyclic amines) is 1. The van der Waals surface area contributed by atoms with Gasteiger partial charge in [-0.15, -0.1) is 0 Å². The van der Waals surface area contributed by atoms with Crippen LogP contribution in [-0.4, -0.2) is 208 Å². The Bertz CT molecular complexity index is 3130. The molecule has 13 amide bonds. The molecule has 0 aliphatic carbocycles. The number of cyclic esters (lactones) is 1. The minimum atomic E-state index is -1.86. The molecule has 0 spiro atoms. The Balaban J connectivity index is 2.01. The van der Waals surface area contributed by atoms with Crippen molar-refractivity contribution in [3.63, 3.8) is 0 Å². The predicted octanol–water partition coefficient (Wildman–Crippen LogP) is 0.682. The molecule has 2 saturated heterocycles. The maximum Gasteiger partial charge on any atom is 0.329 e. The second-order valence-electron chi connectivity index (χ2n) is 30.8. The minimum absolute atomic E-state index is 0.0601. The van der Waals surface area contributed by atoms with Crippen LogP contribution < -0.4 is 69.5 Å². The number of ether oxygens (including phenoxy) is 1. The summed E-state index contributed by atoms with van der Waals surface area (Å²) >= 11 is 0. The van der Waals surface area contributed by atoms with Gasteiger partial charge in [0.25, 0.3) is 0 Å². The first-order chi connectivity index (χ1) is 49.6. The number of benzene rings is 1. The van der Waals surface area contributed by atoms with Gasteiger partial charge >= 0.3 is 5.97 Å². The van der Waals surface area contributed by atoms with E-state index in [9.17, 15) is 67.7 Å². The summed E-state index contributed by atoms with van der Waals surface area (Å²) in [5.41, 5.74) is 6.57. The van der Waals surface area contributed by atoms with Crippen molar-refractivity contribution in [2.24, 2.45) is 53.1 Å². The van der Waals surface area contributed by atoms with Crippen LogP contribution in [0.4, 0.5) is 0 Å². The summed E-state index contributed by atoms with van der Waals surface area (Å²) in [5.74, 6) is -15.7. The predicted molar refractivity (Wildman–Crippen MR) is 397 cm³/mol. The number of nitrogens with zero attached hydrogens (tertiary/aromatic N) is 1. The van der Waals surface area contributed by atoms with Crippen LogP contribution in [0.2, 0.25) is 0 Å². The Morgan fingerprint density at radius 2 is 1.07 bits per heavy atom. The maximum absolute atomic E-state index is 15.1. The maximum atomic E-state index is 15.1. The molecule has 598 valence electrons. The van der Waals surface area contributed by atoms with Gasteiger partial charge in [0.05, 0.1) is 12.2 Å². The van der Waals surface area contributed by atoms with Crippen molar-refractivity contribution in [2.45, 2.75) is 293 Å². The fraction of sp³-hybridized carbons (Fsp3) is 0.733. The van der Waals surface area contributed by atoms with Crippen molar-refractivity contribution in [1.82, 2.24) is 68.7 Å². The third kappa shape index (κ3) is 27.8. The highest BCUT2D eigenvalue weighted by Gasteiger charge is 2.45. The molecule has 31 heteroatoms. The topological polar surface area (TPSA) is 462 Å². The lowest BCUT2D eigenvalue weighted by Gasteiger charge is -2.34. The van der Waals surface area contributed by atoms with Crippen LogP contribution >= 0.6 is 0 Å². The molecule has 16 N–H and O–H groups in total. The lowest BCUT2D eigenvalue weighted by Crippen LogP contribution is -2.64. The van der Waals surface area contributed by atoms with Gasteiger partial charge in [-0.2, -0.15) is 0 Å². The quantitative estimate of drug-likeness (QED) is 0.0422. The third-order valence-corrected chi connectivity index (χ3v) is 19.5. The van der Waals surface area contributed by atoms with Crippen LogP contribution in [0, 0.1) is 47.3 Å². The zero-order chi connectivity index (χ0) is 80.3. The first-order valence-corrected chi connectivity index (χ1v) is 37.9. The molecule has 0 radical (unpaired) electrons. The highest BCUT2D eigenvalue weighted by atomic mass is 16.5. The number of nitrogens with one attached hydrogen (secondary N) is 12. The Morgan fingerprint density at radius 3 is 1.59 bits per heavy atom. The molecule has 0 bridgehead atoms. The number of nitrogens with two attached hydrogens (primary N) is 1. The van der Waals surface area contributed by atoms with E-state index >= 15 is 9.59 Å². The lowest BCUT2D eigenvalue weighted by molar-refractivity contribution is -0.157. The van der Waals surface area contributed by atoms with Crippen molar-refractivity contribution in [1.29, 1.82) is 0 Å². The number of carbonyl (C=O) groups is 14. The number of esters is 1. The smallest absolute Gasteiger partial charge is 0.329 e. The highest BCUT2D eigenvalue weighted by Crippen LogP contribution is 2.23. The molecule has 2 aliphatic rings. The number of aliphatic hydroxyl groups excluding tert-OH is 2. The molecule has 1 aromatic carbocycles. The van der Waals surface area contributed by atoms with E-state index in [1.54, 1.807) is 127 Å². The van der Waals surface area contributed by atoms with Gasteiger partial charge < -0.3 is 89.4 Å². The molecule has 2 heterocycles. The van der Waals surface area contributed by atoms with Crippen LogP contribution in [0.3, 0.4) is 0 Å². The summed E-state index contributed by atoms with van der Waals surface area (Å²) in [7, 11) is 0. The van der Waals surface area contributed by atoms with Crippen molar-refractivity contribution in [2.75, 3.05) is 13.1 Å². The molecule has 0 saturated carbocycles. The average Bonchev–Trinajstić information content (AvgIpc) is 1.58. The van der Waals surface area contributed by atoms with Crippen LogP contribution in [0.25, 0.3) is 0 Å². The number of hydrogen-bond acceptors (Lipinski definition) is 18. The normalized spacial score (nSPS) is 23.1. The molecule has 1 aromatic rings. The second-order valence-corrected chi connectivity index (χ2v) is 30.8. The molecule has 2 aliphatic heterocycles. The van der Waals surface area contributed by atoms with Crippen LogP contribution in [0.15, 0.2) is 30.3 Å². The minimum Gasteiger partial charge on any atom is -0.458 e. The number of aliphatic hydroxyl groups is 2. The van der Waals surface area contributed by atoms with Gasteiger partial charge in [-0.05, 0) is 112 Å². The van der Waals surface area contributed by atoms with Crippen LogP contribution in [-0.2, 0) is 78.3 Å². The number of hydrogen-bond donors (Lipinski definition) is 15. The van der Waals surface area contributed by atoms with E-state index < -0.39 is 215 Å². The first-order valence-electron chi connectivity index (χ1n) is 37.9. The van der Waals surface area contributed by atoms with Crippen LogP contribution in [0.1, 0.15) is 195 Å². The number of rotatable bonds is 34. The first kappa shape index (κ1) is 91.9. The van der Waals surface area contributed by atoms with Crippen LogP contribution in [0.5, 0.6) is 0 Å². The van der Waals surface area contributed by atoms with E-state index in [4.69, 9.17) is 10.5 Å². The Hall–Kier alpha value is -8.32. The Labute approximate surface area is 625 Å². The molecular formula is C75H126N14O17. The summed E-state index contributed by atoms with van der Waals surface area (Å²) in [6.07, 6.45) is -2.03. The molecular weight excluding hydrogens is 1370 g/mol. The molecule has 0 unspecified atom stereocenters. The van der Waals surface area contributed by atoms with Gasteiger partial charge in [0, 0.05) is 19.4 Å². The Morgan fingerprint density at radius 1 is 0.557 bits per heavy atom. The molecule has 106 heavy (non-hydrogen) atoms. The van der Waals surface area contributed by atoms with Crippen molar-refractivity contribution >= 4 is 82.8 Å². The third-order valence-electron chi connectivity index (χ3n) is 19.5. The van der Waals surface area contributed by atoms with Gasteiger partial charge in [-0.25, -0.2) is 4.79 Å².